The normalized spacial score (nSPS) is 26.2. The quantitative estimate of drug-likeness (QED) is 0.879. The van der Waals surface area contributed by atoms with E-state index < -0.39 is 0 Å². The number of hydrogen-bond donors (Lipinski definition) is 2. The van der Waals surface area contributed by atoms with Crippen LogP contribution >= 0.6 is 36.2 Å². The highest BCUT2D eigenvalue weighted by Crippen LogP contribution is 2.28. The molecular formula is C14H17Cl2N3OS. The van der Waals surface area contributed by atoms with Gasteiger partial charge in [0.05, 0.1) is 0 Å². The van der Waals surface area contributed by atoms with Gasteiger partial charge in [-0.1, -0.05) is 0 Å². The molecule has 21 heavy (non-hydrogen) atoms. The number of hydrogen-bond acceptors (Lipinski definition) is 4. The van der Waals surface area contributed by atoms with Gasteiger partial charge in [-0.25, -0.2) is 0 Å². The lowest BCUT2D eigenvalue weighted by Gasteiger charge is -2.21. The Morgan fingerprint density at radius 2 is 2.24 bits per heavy atom. The third-order valence-corrected chi connectivity index (χ3v) is 5.07. The third kappa shape index (κ3) is 3.01. The Labute approximate surface area is 139 Å². The van der Waals surface area contributed by atoms with Crippen LogP contribution in [0, 0.1) is 0 Å². The molecule has 0 saturated carbocycles. The van der Waals surface area contributed by atoms with Crippen molar-refractivity contribution >= 4 is 52.1 Å². The van der Waals surface area contributed by atoms with Gasteiger partial charge in [0.2, 0.25) is 0 Å². The Morgan fingerprint density at radius 3 is 2.95 bits per heavy atom. The van der Waals surface area contributed by atoms with Gasteiger partial charge in [-0.3, -0.25) is 9.78 Å². The molecule has 2 unspecified atom stereocenters. The number of halogens is 2. The van der Waals surface area contributed by atoms with E-state index in [2.05, 4.69) is 15.6 Å². The summed E-state index contributed by atoms with van der Waals surface area (Å²) in [7, 11) is 0. The summed E-state index contributed by atoms with van der Waals surface area (Å²) in [6, 6.07) is 5.24. The molecule has 114 valence electrons. The van der Waals surface area contributed by atoms with Gasteiger partial charge < -0.3 is 10.6 Å². The zero-order valence-corrected chi connectivity index (χ0v) is 13.7. The minimum Gasteiger partial charge on any atom is -0.346 e. The van der Waals surface area contributed by atoms with Crippen molar-refractivity contribution in [2.24, 2.45) is 0 Å². The molecule has 2 aliphatic heterocycles. The first-order valence-electron chi connectivity index (χ1n) is 6.70. The fraction of sp³-hybridized carbons (Fsp3) is 0.429. The molecule has 0 aromatic carbocycles. The highest BCUT2D eigenvalue weighted by atomic mass is 35.5. The first-order valence-corrected chi connectivity index (χ1v) is 7.58. The van der Waals surface area contributed by atoms with Gasteiger partial charge >= 0.3 is 0 Å². The van der Waals surface area contributed by atoms with Crippen molar-refractivity contribution in [3.8, 4) is 0 Å². The highest BCUT2D eigenvalue weighted by Gasteiger charge is 2.39. The molecule has 0 radical (unpaired) electrons. The number of rotatable bonds is 2. The first-order chi connectivity index (χ1) is 9.29. The number of nitrogens with zero attached hydrogens (tertiary/aromatic N) is 1. The van der Waals surface area contributed by atoms with Crippen LogP contribution in [0.15, 0.2) is 23.7 Å². The number of fused-ring (bicyclic) bond motifs is 3. The predicted octanol–water partition coefficient (Wildman–Crippen LogP) is 2.76. The van der Waals surface area contributed by atoms with Crippen molar-refractivity contribution in [2.75, 3.05) is 0 Å². The minimum absolute atomic E-state index is 0. The van der Waals surface area contributed by atoms with Gasteiger partial charge in [0.25, 0.3) is 5.91 Å². The summed E-state index contributed by atoms with van der Waals surface area (Å²) in [5.74, 6) is -0.0466. The van der Waals surface area contributed by atoms with Crippen molar-refractivity contribution in [3.63, 3.8) is 0 Å². The van der Waals surface area contributed by atoms with Gasteiger partial charge in [0.1, 0.15) is 5.69 Å². The standard InChI is InChI=1S/C14H15N3OS.2ClH/c18-14(17-11-5-9-1-2-10(11)16-9)12-6-13-8(7-15-12)3-4-19-13;;/h3-4,6-7,9-11,16H,1-2,5H2,(H,17,18);2*1H/t9?,10?,11-;;/m1../s1. The van der Waals surface area contributed by atoms with Crippen LogP contribution in [0.2, 0.25) is 0 Å². The maximum absolute atomic E-state index is 12.2. The SMILES string of the molecule is Cl.Cl.O=C(N[C@@H]1CC2CCC1N2)c1cc2sccc2cn1. The molecule has 0 spiro atoms. The van der Waals surface area contributed by atoms with E-state index in [0.717, 1.165) is 16.5 Å². The smallest absolute Gasteiger partial charge is 0.270 e. The molecule has 2 saturated heterocycles. The molecule has 0 aliphatic carbocycles. The van der Waals surface area contributed by atoms with E-state index in [1.54, 1.807) is 17.5 Å². The second kappa shape index (κ2) is 6.48. The number of amides is 1. The summed E-state index contributed by atoms with van der Waals surface area (Å²) in [5, 5.41) is 9.77. The predicted molar refractivity (Wildman–Crippen MR) is 89.9 cm³/mol. The highest BCUT2D eigenvalue weighted by molar-refractivity contribution is 7.17. The van der Waals surface area contributed by atoms with E-state index in [9.17, 15) is 4.79 Å². The molecule has 4 rings (SSSR count). The Balaban J connectivity index is 0.000000807. The van der Waals surface area contributed by atoms with Crippen LogP contribution in [-0.4, -0.2) is 29.0 Å². The summed E-state index contributed by atoms with van der Waals surface area (Å²) >= 11 is 1.64. The van der Waals surface area contributed by atoms with Crippen LogP contribution in [0.5, 0.6) is 0 Å². The fourth-order valence-electron chi connectivity index (χ4n) is 3.21. The lowest BCUT2D eigenvalue weighted by atomic mass is 9.95. The number of aromatic nitrogens is 1. The number of carbonyl (C=O) groups excluding carboxylic acids is 1. The molecule has 2 fully saturated rings. The summed E-state index contributed by atoms with van der Waals surface area (Å²) < 4.78 is 1.12. The minimum atomic E-state index is -0.0466. The molecule has 2 aromatic heterocycles. The molecule has 2 bridgehead atoms. The molecule has 1 amide bonds. The fourth-order valence-corrected chi connectivity index (χ4v) is 4.00. The second-order valence-corrected chi connectivity index (χ2v) is 6.34. The van der Waals surface area contributed by atoms with Crippen LogP contribution in [-0.2, 0) is 0 Å². The van der Waals surface area contributed by atoms with Crippen molar-refractivity contribution < 1.29 is 4.79 Å². The molecular weight excluding hydrogens is 329 g/mol. The van der Waals surface area contributed by atoms with Crippen molar-refractivity contribution in [2.45, 2.75) is 37.4 Å². The van der Waals surface area contributed by atoms with E-state index in [-0.39, 0.29) is 36.8 Å². The zero-order valence-electron chi connectivity index (χ0n) is 11.2. The number of pyridine rings is 1. The van der Waals surface area contributed by atoms with Gasteiger partial charge in [-0.05, 0) is 36.8 Å². The Bertz CT molecular complexity index is 648. The number of thiophene rings is 1. The van der Waals surface area contributed by atoms with Gasteiger partial charge in [-0.15, -0.1) is 36.2 Å². The maximum atomic E-state index is 12.2. The van der Waals surface area contributed by atoms with E-state index in [1.165, 1.54) is 12.8 Å². The first kappa shape index (κ1) is 16.5. The van der Waals surface area contributed by atoms with Crippen LogP contribution in [0.4, 0.5) is 0 Å². The summed E-state index contributed by atoms with van der Waals surface area (Å²) in [4.78, 5) is 16.5. The molecule has 4 nitrogen and oxygen atoms in total. The molecule has 3 atom stereocenters. The largest absolute Gasteiger partial charge is 0.346 e. The van der Waals surface area contributed by atoms with E-state index in [1.807, 2.05) is 17.5 Å². The molecule has 2 N–H and O–H groups in total. The maximum Gasteiger partial charge on any atom is 0.270 e. The lowest BCUT2D eigenvalue weighted by molar-refractivity contribution is 0.0926. The van der Waals surface area contributed by atoms with Crippen molar-refractivity contribution in [3.05, 3.63) is 29.4 Å². The van der Waals surface area contributed by atoms with E-state index >= 15 is 0 Å². The van der Waals surface area contributed by atoms with Crippen molar-refractivity contribution in [1.82, 2.24) is 15.6 Å². The Morgan fingerprint density at radius 1 is 1.38 bits per heavy atom. The van der Waals surface area contributed by atoms with Gasteiger partial charge in [0, 0.05) is 34.4 Å². The lowest BCUT2D eigenvalue weighted by Crippen LogP contribution is -2.43. The Hall–Kier alpha value is -0.880. The average Bonchev–Trinajstić information content (AvgIpc) is 3.13. The van der Waals surface area contributed by atoms with E-state index in [0.29, 0.717) is 17.8 Å². The van der Waals surface area contributed by atoms with Crippen molar-refractivity contribution in [1.29, 1.82) is 0 Å². The van der Waals surface area contributed by atoms with Gasteiger partial charge in [0.15, 0.2) is 0 Å². The average molecular weight is 346 g/mol. The van der Waals surface area contributed by atoms with E-state index in [4.69, 9.17) is 0 Å². The molecule has 7 heteroatoms. The monoisotopic (exact) mass is 345 g/mol. The topological polar surface area (TPSA) is 54.0 Å². The van der Waals surface area contributed by atoms with Crippen LogP contribution < -0.4 is 10.6 Å². The molecule has 2 aromatic rings. The van der Waals surface area contributed by atoms with Gasteiger partial charge in [-0.2, -0.15) is 0 Å². The molecule has 2 aliphatic rings. The third-order valence-electron chi connectivity index (χ3n) is 4.19. The Kier molecular flexibility index (Phi) is 5.09. The summed E-state index contributed by atoms with van der Waals surface area (Å²) in [5.41, 5.74) is 0.526. The second-order valence-electron chi connectivity index (χ2n) is 5.39. The number of nitrogens with one attached hydrogen (secondary N) is 2. The number of carbonyl (C=O) groups is 1. The summed E-state index contributed by atoms with van der Waals surface area (Å²) in [6.45, 7) is 0. The zero-order chi connectivity index (χ0) is 12.8. The summed E-state index contributed by atoms with van der Waals surface area (Å²) in [6.07, 6.45) is 5.25. The van der Waals surface area contributed by atoms with Crippen LogP contribution in [0.3, 0.4) is 0 Å². The van der Waals surface area contributed by atoms with Crippen LogP contribution in [0.1, 0.15) is 29.8 Å². The van der Waals surface area contributed by atoms with Crippen LogP contribution in [0.25, 0.3) is 10.1 Å². The molecule has 4 heterocycles.